The van der Waals surface area contributed by atoms with E-state index in [1.54, 1.807) is 12.1 Å². The average molecular weight is 264 g/mol. The molecule has 0 aliphatic carbocycles. The number of hydrogen-bond donors (Lipinski definition) is 1. The minimum atomic E-state index is -3.67. The maximum absolute atomic E-state index is 12.3. The topological polar surface area (TPSA) is 70.5 Å². The Morgan fingerprint density at radius 1 is 1.17 bits per heavy atom. The maximum Gasteiger partial charge on any atom is 0.264 e. The van der Waals surface area contributed by atoms with E-state index < -0.39 is 10.0 Å². The predicted molar refractivity (Wildman–Crippen MR) is 67.9 cm³/mol. The Morgan fingerprint density at radius 2 is 1.83 bits per heavy atom. The van der Waals surface area contributed by atoms with Crippen LogP contribution in [0.15, 0.2) is 53.7 Å². The van der Waals surface area contributed by atoms with Crippen molar-refractivity contribution < 1.29 is 13.5 Å². The van der Waals surface area contributed by atoms with Crippen molar-refractivity contribution in [3.63, 3.8) is 0 Å². The number of aromatic nitrogens is 1. The van der Waals surface area contributed by atoms with Gasteiger partial charge < -0.3 is 5.11 Å². The zero-order chi connectivity index (χ0) is 13.2. The van der Waals surface area contributed by atoms with Crippen molar-refractivity contribution >= 4 is 15.7 Å². The molecule has 6 heteroatoms. The van der Waals surface area contributed by atoms with Crippen LogP contribution in [-0.2, 0) is 10.0 Å². The fourth-order valence-electron chi connectivity index (χ4n) is 1.49. The van der Waals surface area contributed by atoms with Crippen LogP contribution in [0, 0.1) is 0 Å². The van der Waals surface area contributed by atoms with Gasteiger partial charge in [-0.1, -0.05) is 6.07 Å². The van der Waals surface area contributed by atoms with Crippen LogP contribution in [0.1, 0.15) is 0 Å². The summed E-state index contributed by atoms with van der Waals surface area (Å²) in [6.07, 6.45) is 3.04. The Morgan fingerprint density at radius 3 is 2.44 bits per heavy atom. The number of nitrogens with zero attached hydrogens (tertiary/aromatic N) is 2. The molecule has 1 aromatic carbocycles. The number of hydrogen-bond acceptors (Lipinski definition) is 4. The van der Waals surface area contributed by atoms with Crippen molar-refractivity contribution in [1.29, 1.82) is 0 Å². The number of phenolic OH excluding ortho intramolecular Hbond substituents is 1. The molecule has 0 amide bonds. The van der Waals surface area contributed by atoms with E-state index in [2.05, 4.69) is 4.98 Å². The second-order valence-corrected chi connectivity index (χ2v) is 5.64. The van der Waals surface area contributed by atoms with Gasteiger partial charge in [-0.05, 0) is 24.3 Å². The maximum atomic E-state index is 12.3. The SMILES string of the molecule is CN(c1ccncc1)S(=O)(=O)c1cccc(O)c1. The van der Waals surface area contributed by atoms with Crippen LogP contribution in [-0.4, -0.2) is 25.6 Å². The summed E-state index contributed by atoms with van der Waals surface area (Å²) in [7, 11) is -2.22. The van der Waals surface area contributed by atoms with Crippen LogP contribution in [0.3, 0.4) is 0 Å². The molecule has 2 aromatic rings. The minimum absolute atomic E-state index is 0.0433. The van der Waals surface area contributed by atoms with Crippen molar-refractivity contribution in [2.75, 3.05) is 11.4 Å². The molecule has 5 nitrogen and oxygen atoms in total. The highest BCUT2D eigenvalue weighted by Gasteiger charge is 2.21. The van der Waals surface area contributed by atoms with E-state index in [0.717, 1.165) is 4.31 Å². The van der Waals surface area contributed by atoms with Gasteiger partial charge in [-0.25, -0.2) is 8.42 Å². The number of sulfonamides is 1. The van der Waals surface area contributed by atoms with Gasteiger partial charge in [0.15, 0.2) is 0 Å². The Bertz CT molecular complexity index is 641. The summed E-state index contributed by atoms with van der Waals surface area (Å²) in [4.78, 5) is 3.88. The number of pyridine rings is 1. The second-order valence-electron chi connectivity index (χ2n) is 3.68. The molecule has 0 saturated carbocycles. The molecule has 94 valence electrons. The first-order valence-corrected chi connectivity index (χ1v) is 6.64. The highest BCUT2D eigenvalue weighted by Crippen LogP contribution is 2.23. The van der Waals surface area contributed by atoms with Crippen molar-refractivity contribution in [3.05, 3.63) is 48.8 Å². The third kappa shape index (κ3) is 2.28. The molecule has 0 aliphatic heterocycles. The van der Waals surface area contributed by atoms with E-state index in [1.165, 1.54) is 43.7 Å². The first-order chi connectivity index (χ1) is 8.51. The predicted octanol–water partition coefficient (Wildman–Crippen LogP) is 1.61. The summed E-state index contributed by atoms with van der Waals surface area (Å²) >= 11 is 0. The molecule has 0 fully saturated rings. The Kier molecular flexibility index (Phi) is 3.20. The summed E-state index contributed by atoms with van der Waals surface area (Å²) in [5.74, 6) is -0.0841. The molecule has 0 bridgehead atoms. The third-order valence-corrected chi connectivity index (χ3v) is 4.28. The molecule has 0 spiro atoms. The average Bonchev–Trinajstić information content (AvgIpc) is 2.39. The molecule has 0 saturated heterocycles. The fourth-order valence-corrected chi connectivity index (χ4v) is 2.73. The molecule has 18 heavy (non-hydrogen) atoms. The molecular formula is C12H12N2O3S. The number of aromatic hydroxyl groups is 1. The van der Waals surface area contributed by atoms with Gasteiger partial charge in [0.25, 0.3) is 10.0 Å². The second kappa shape index (κ2) is 4.66. The first-order valence-electron chi connectivity index (χ1n) is 5.20. The number of anilines is 1. The monoisotopic (exact) mass is 264 g/mol. The smallest absolute Gasteiger partial charge is 0.264 e. The lowest BCUT2D eigenvalue weighted by atomic mass is 10.3. The van der Waals surface area contributed by atoms with Gasteiger partial charge in [-0.15, -0.1) is 0 Å². The van der Waals surface area contributed by atoms with E-state index in [0.29, 0.717) is 5.69 Å². The minimum Gasteiger partial charge on any atom is -0.508 e. The van der Waals surface area contributed by atoms with Gasteiger partial charge >= 0.3 is 0 Å². The Hall–Kier alpha value is -2.08. The third-order valence-electron chi connectivity index (χ3n) is 2.50. The summed E-state index contributed by atoms with van der Waals surface area (Å²) < 4.78 is 25.7. The molecular weight excluding hydrogens is 252 g/mol. The van der Waals surface area contributed by atoms with Crippen molar-refractivity contribution in [3.8, 4) is 5.75 Å². The molecule has 0 radical (unpaired) electrons. The quantitative estimate of drug-likeness (QED) is 0.914. The standard InChI is InChI=1S/C12H12N2O3S/c1-14(10-5-7-13-8-6-10)18(16,17)12-4-2-3-11(15)9-12/h2-9,15H,1H3. The van der Waals surface area contributed by atoms with E-state index in [1.807, 2.05) is 0 Å². The van der Waals surface area contributed by atoms with E-state index >= 15 is 0 Å². The highest BCUT2D eigenvalue weighted by molar-refractivity contribution is 7.92. The van der Waals surface area contributed by atoms with E-state index in [4.69, 9.17) is 0 Å². The molecule has 1 aromatic heterocycles. The van der Waals surface area contributed by atoms with Gasteiger partial charge in [0, 0.05) is 25.5 Å². The first kappa shape index (κ1) is 12.4. The van der Waals surface area contributed by atoms with Crippen LogP contribution in [0.25, 0.3) is 0 Å². The van der Waals surface area contributed by atoms with Gasteiger partial charge in [0.1, 0.15) is 5.75 Å². The molecule has 0 atom stereocenters. The zero-order valence-corrected chi connectivity index (χ0v) is 10.5. The van der Waals surface area contributed by atoms with Crippen LogP contribution in [0.4, 0.5) is 5.69 Å². The van der Waals surface area contributed by atoms with Gasteiger partial charge in [-0.2, -0.15) is 0 Å². The lowest BCUT2D eigenvalue weighted by Crippen LogP contribution is -2.26. The Labute approximate surface area is 105 Å². The lowest BCUT2D eigenvalue weighted by Gasteiger charge is -2.19. The van der Waals surface area contributed by atoms with E-state index in [-0.39, 0.29) is 10.6 Å². The highest BCUT2D eigenvalue weighted by atomic mass is 32.2. The molecule has 0 aliphatic rings. The van der Waals surface area contributed by atoms with E-state index in [9.17, 15) is 13.5 Å². The number of benzene rings is 1. The summed E-state index contributed by atoms with van der Waals surface area (Å²) in [6, 6.07) is 8.76. The molecule has 1 heterocycles. The summed E-state index contributed by atoms with van der Waals surface area (Å²) in [6.45, 7) is 0. The fraction of sp³-hybridized carbons (Fsp3) is 0.0833. The molecule has 2 rings (SSSR count). The lowest BCUT2D eigenvalue weighted by molar-refractivity contribution is 0.473. The Balaban J connectivity index is 2.44. The van der Waals surface area contributed by atoms with Crippen LogP contribution in [0.5, 0.6) is 5.75 Å². The van der Waals surface area contributed by atoms with Crippen molar-refractivity contribution in [2.24, 2.45) is 0 Å². The normalized spacial score (nSPS) is 11.2. The van der Waals surface area contributed by atoms with Crippen LogP contribution in [0.2, 0.25) is 0 Å². The van der Waals surface area contributed by atoms with Gasteiger partial charge in [0.05, 0.1) is 10.6 Å². The summed E-state index contributed by atoms with van der Waals surface area (Å²) in [5, 5.41) is 9.34. The summed E-state index contributed by atoms with van der Waals surface area (Å²) in [5.41, 5.74) is 0.508. The molecule has 1 N–H and O–H groups in total. The number of phenols is 1. The van der Waals surface area contributed by atoms with Gasteiger partial charge in [-0.3, -0.25) is 9.29 Å². The van der Waals surface area contributed by atoms with Crippen LogP contribution >= 0.6 is 0 Å². The van der Waals surface area contributed by atoms with Gasteiger partial charge in [0.2, 0.25) is 0 Å². The largest absolute Gasteiger partial charge is 0.508 e. The zero-order valence-electron chi connectivity index (χ0n) is 9.69. The molecule has 0 unspecified atom stereocenters. The van der Waals surface area contributed by atoms with Crippen molar-refractivity contribution in [1.82, 2.24) is 4.98 Å². The van der Waals surface area contributed by atoms with Crippen molar-refractivity contribution in [2.45, 2.75) is 4.90 Å². The van der Waals surface area contributed by atoms with Crippen LogP contribution < -0.4 is 4.31 Å². The number of rotatable bonds is 3.